The van der Waals surface area contributed by atoms with Gasteiger partial charge in [-0.25, -0.2) is 0 Å². The molecule has 0 spiro atoms. The van der Waals surface area contributed by atoms with Crippen LogP contribution in [0.2, 0.25) is 0 Å². The van der Waals surface area contributed by atoms with Gasteiger partial charge >= 0.3 is 0 Å². The Morgan fingerprint density at radius 1 is 1.32 bits per heavy atom. The number of hydrogen-bond acceptors (Lipinski definition) is 3. The van der Waals surface area contributed by atoms with Crippen molar-refractivity contribution < 1.29 is 14.6 Å². The van der Waals surface area contributed by atoms with E-state index >= 15 is 0 Å². The summed E-state index contributed by atoms with van der Waals surface area (Å²) in [6.45, 7) is 1.12. The van der Waals surface area contributed by atoms with Gasteiger partial charge in [0.05, 0.1) is 19.3 Å². The van der Waals surface area contributed by atoms with Crippen LogP contribution >= 0.6 is 0 Å². The molecule has 3 heteroatoms. The molecule has 1 fully saturated rings. The maximum atomic E-state index is 10.8. The van der Waals surface area contributed by atoms with Crippen LogP contribution < -0.4 is 0 Å². The predicted octanol–water partition coefficient (Wildman–Crippen LogP) is 2.57. The van der Waals surface area contributed by atoms with Gasteiger partial charge < -0.3 is 14.6 Å². The quantitative estimate of drug-likeness (QED) is 0.768. The molecular formula is C16H22O3. The van der Waals surface area contributed by atoms with Crippen molar-refractivity contribution >= 4 is 6.29 Å². The average Bonchev–Trinajstić information content (AvgIpc) is 2.85. The molecule has 0 aliphatic heterocycles. The van der Waals surface area contributed by atoms with E-state index < -0.39 is 0 Å². The van der Waals surface area contributed by atoms with Gasteiger partial charge in [0.2, 0.25) is 0 Å². The minimum absolute atomic E-state index is 0.152. The third-order valence-corrected chi connectivity index (χ3v) is 3.98. The van der Waals surface area contributed by atoms with E-state index in [9.17, 15) is 9.90 Å². The van der Waals surface area contributed by atoms with Crippen LogP contribution in [-0.2, 0) is 16.1 Å². The fourth-order valence-electron chi connectivity index (χ4n) is 2.91. The number of rotatable bonds is 7. The summed E-state index contributed by atoms with van der Waals surface area (Å²) < 4.78 is 5.73. The number of carbonyl (C=O) groups is 1. The molecule has 0 saturated heterocycles. The van der Waals surface area contributed by atoms with Gasteiger partial charge in [0.15, 0.2) is 0 Å². The Bertz CT molecular complexity index is 377. The number of ether oxygens (including phenoxy) is 1. The first kappa shape index (κ1) is 14.2. The summed E-state index contributed by atoms with van der Waals surface area (Å²) in [7, 11) is 0. The first-order valence-electron chi connectivity index (χ1n) is 7.04. The first-order chi connectivity index (χ1) is 9.31. The van der Waals surface area contributed by atoms with Crippen LogP contribution in [0.3, 0.4) is 0 Å². The van der Waals surface area contributed by atoms with Gasteiger partial charge in [0.1, 0.15) is 6.29 Å². The molecule has 1 aromatic rings. The van der Waals surface area contributed by atoms with Gasteiger partial charge in [-0.05, 0) is 30.2 Å². The Balaban J connectivity index is 1.82. The van der Waals surface area contributed by atoms with Gasteiger partial charge in [-0.1, -0.05) is 36.8 Å². The maximum absolute atomic E-state index is 10.8. The molecule has 1 aromatic carbocycles. The minimum atomic E-state index is -0.259. The second-order valence-corrected chi connectivity index (χ2v) is 5.33. The summed E-state index contributed by atoms with van der Waals surface area (Å²) >= 11 is 0. The fourth-order valence-corrected chi connectivity index (χ4v) is 2.91. The van der Waals surface area contributed by atoms with E-state index in [-0.39, 0.29) is 17.9 Å². The molecule has 1 aliphatic rings. The maximum Gasteiger partial charge on any atom is 0.120 e. The monoisotopic (exact) mass is 262 g/mol. The van der Waals surface area contributed by atoms with Gasteiger partial charge in [0, 0.05) is 6.42 Å². The number of carbonyl (C=O) groups excluding carboxylic acids is 1. The lowest BCUT2D eigenvalue weighted by molar-refractivity contribution is -0.110. The molecule has 3 atom stereocenters. The van der Waals surface area contributed by atoms with Gasteiger partial charge in [-0.2, -0.15) is 0 Å². The Morgan fingerprint density at radius 3 is 2.74 bits per heavy atom. The van der Waals surface area contributed by atoms with Crippen LogP contribution in [0.5, 0.6) is 0 Å². The Morgan fingerprint density at radius 2 is 2.11 bits per heavy atom. The molecular weight excluding hydrogens is 240 g/mol. The predicted molar refractivity (Wildman–Crippen MR) is 73.6 cm³/mol. The smallest absolute Gasteiger partial charge is 0.120 e. The number of benzene rings is 1. The Labute approximate surface area is 114 Å². The van der Waals surface area contributed by atoms with Crippen molar-refractivity contribution in [1.29, 1.82) is 0 Å². The molecule has 0 bridgehead atoms. The summed E-state index contributed by atoms with van der Waals surface area (Å²) in [6, 6.07) is 10.0. The van der Waals surface area contributed by atoms with Crippen LogP contribution in [0.15, 0.2) is 30.3 Å². The molecule has 19 heavy (non-hydrogen) atoms. The van der Waals surface area contributed by atoms with Crippen molar-refractivity contribution in [3.63, 3.8) is 0 Å². The van der Waals surface area contributed by atoms with Crippen molar-refractivity contribution in [2.24, 2.45) is 11.8 Å². The second-order valence-electron chi connectivity index (χ2n) is 5.33. The van der Waals surface area contributed by atoms with E-state index in [0.717, 1.165) is 31.1 Å². The molecule has 0 radical (unpaired) electrons. The lowest BCUT2D eigenvalue weighted by Crippen LogP contribution is -2.27. The zero-order valence-corrected chi connectivity index (χ0v) is 11.2. The molecule has 1 saturated carbocycles. The highest BCUT2D eigenvalue weighted by atomic mass is 16.5. The van der Waals surface area contributed by atoms with E-state index in [1.54, 1.807) is 0 Å². The van der Waals surface area contributed by atoms with Crippen molar-refractivity contribution in [2.75, 3.05) is 6.61 Å². The Hall–Kier alpha value is -1.19. The van der Waals surface area contributed by atoms with Crippen LogP contribution in [-0.4, -0.2) is 24.1 Å². The molecule has 0 aromatic heterocycles. The topological polar surface area (TPSA) is 46.5 Å². The second kappa shape index (κ2) is 7.41. The van der Waals surface area contributed by atoms with Crippen LogP contribution in [0.4, 0.5) is 0 Å². The van der Waals surface area contributed by atoms with Crippen molar-refractivity contribution in [3.8, 4) is 0 Å². The third-order valence-electron chi connectivity index (χ3n) is 3.98. The van der Waals surface area contributed by atoms with Crippen molar-refractivity contribution in [2.45, 2.75) is 38.4 Å². The van der Waals surface area contributed by atoms with Gasteiger partial charge in [-0.15, -0.1) is 0 Å². The highest BCUT2D eigenvalue weighted by molar-refractivity contribution is 5.49. The van der Waals surface area contributed by atoms with E-state index in [1.165, 1.54) is 0 Å². The third kappa shape index (κ3) is 4.15. The summed E-state index contributed by atoms with van der Waals surface area (Å²) in [4.78, 5) is 10.8. The molecule has 1 N–H and O–H groups in total. The molecule has 2 rings (SSSR count). The highest BCUT2D eigenvalue weighted by Crippen LogP contribution is 2.33. The highest BCUT2D eigenvalue weighted by Gasteiger charge is 2.32. The Kier molecular flexibility index (Phi) is 5.55. The zero-order valence-electron chi connectivity index (χ0n) is 11.2. The van der Waals surface area contributed by atoms with Crippen LogP contribution in [0.25, 0.3) is 0 Å². The minimum Gasteiger partial charge on any atom is -0.393 e. The molecule has 0 heterocycles. The molecule has 1 unspecified atom stereocenters. The summed E-state index contributed by atoms with van der Waals surface area (Å²) in [5.74, 6) is 0.375. The van der Waals surface area contributed by atoms with E-state index in [4.69, 9.17) is 4.74 Å². The lowest BCUT2D eigenvalue weighted by atomic mass is 9.88. The lowest BCUT2D eigenvalue weighted by Gasteiger charge is -2.24. The largest absolute Gasteiger partial charge is 0.393 e. The summed E-state index contributed by atoms with van der Waals surface area (Å²) in [5.41, 5.74) is 1.14. The SMILES string of the molecule is O=CCC(COCc1ccccc1)[C@@H]1CCC[C@H]1O. The van der Waals surface area contributed by atoms with Crippen molar-refractivity contribution in [3.05, 3.63) is 35.9 Å². The normalized spacial score (nSPS) is 24.3. The molecule has 3 nitrogen and oxygen atoms in total. The van der Waals surface area contributed by atoms with Crippen molar-refractivity contribution in [1.82, 2.24) is 0 Å². The first-order valence-corrected chi connectivity index (χ1v) is 7.04. The summed E-state index contributed by atoms with van der Waals surface area (Å²) in [5, 5.41) is 9.93. The number of hydrogen-bond donors (Lipinski definition) is 1. The molecule has 104 valence electrons. The number of aliphatic hydroxyl groups is 1. The van der Waals surface area contributed by atoms with Gasteiger partial charge in [0.25, 0.3) is 0 Å². The van der Waals surface area contributed by atoms with E-state index in [0.29, 0.717) is 19.6 Å². The standard InChI is InChI=1S/C16H22O3/c17-10-9-14(15-7-4-8-16(15)18)12-19-11-13-5-2-1-3-6-13/h1-3,5-6,10,14-16,18H,4,7-9,11-12H2/t14?,15-,16+/m0/s1. The molecule has 0 amide bonds. The molecule has 1 aliphatic carbocycles. The van der Waals surface area contributed by atoms with E-state index in [2.05, 4.69) is 0 Å². The zero-order chi connectivity index (χ0) is 13.5. The number of aliphatic hydroxyl groups excluding tert-OH is 1. The fraction of sp³-hybridized carbons (Fsp3) is 0.562. The number of aldehydes is 1. The van der Waals surface area contributed by atoms with Gasteiger partial charge in [-0.3, -0.25) is 0 Å². The van der Waals surface area contributed by atoms with Crippen LogP contribution in [0, 0.1) is 11.8 Å². The van der Waals surface area contributed by atoms with Crippen LogP contribution in [0.1, 0.15) is 31.2 Å². The average molecular weight is 262 g/mol. The summed E-state index contributed by atoms with van der Waals surface area (Å²) in [6.07, 6.45) is 4.09. The van der Waals surface area contributed by atoms with E-state index in [1.807, 2.05) is 30.3 Å².